The average Bonchev–Trinajstić information content (AvgIpc) is 2.38. The second kappa shape index (κ2) is 5.70. The summed E-state index contributed by atoms with van der Waals surface area (Å²) >= 11 is 0. The van der Waals surface area contributed by atoms with Crippen molar-refractivity contribution in [3.05, 3.63) is 0 Å². The molecule has 0 unspecified atom stereocenters. The average molecular weight is 213 g/mol. The molecule has 0 aromatic carbocycles. The highest BCUT2D eigenvalue weighted by atomic mass is 16.2. The molecule has 2 amide bonds. The van der Waals surface area contributed by atoms with Gasteiger partial charge in [-0.2, -0.15) is 0 Å². The normalized spacial score (nSPS) is 17.9. The maximum Gasteiger partial charge on any atom is 0.241 e. The minimum atomic E-state index is 0.0327. The fourth-order valence-electron chi connectivity index (χ4n) is 1.59. The second-order valence-corrected chi connectivity index (χ2v) is 3.84. The minimum absolute atomic E-state index is 0.0327. The Morgan fingerprint density at radius 3 is 2.87 bits per heavy atom. The fraction of sp³-hybridized carbons (Fsp3) is 0.800. The number of amides is 2. The highest BCUT2D eigenvalue weighted by Crippen LogP contribution is 2.04. The van der Waals surface area contributed by atoms with E-state index in [-0.39, 0.29) is 18.4 Å². The van der Waals surface area contributed by atoms with Crippen molar-refractivity contribution in [1.82, 2.24) is 15.1 Å². The number of nitrogens with one attached hydrogen (secondary N) is 1. The van der Waals surface area contributed by atoms with E-state index in [1.807, 2.05) is 7.05 Å². The van der Waals surface area contributed by atoms with Gasteiger partial charge in [-0.25, -0.2) is 0 Å². The summed E-state index contributed by atoms with van der Waals surface area (Å²) in [5.41, 5.74) is 0. The van der Waals surface area contributed by atoms with Crippen LogP contribution in [0.3, 0.4) is 0 Å². The number of carbonyl (C=O) groups is 2. The van der Waals surface area contributed by atoms with Crippen LogP contribution < -0.4 is 5.32 Å². The summed E-state index contributed by atoms with van der Waals surface area (Å²) < 4.78 is 0. The maximum absolute atomic E-state index is 11.7. The molecule has 15 heavy (non-hydrogen) atoms. The fourth-order valence-corrected chi connectivity index (χ4v) is 1.59. The molecule has 1 aliphatic heterocycles. The number of hydrogen-bond acceptors (Lipinski definition) is 3. The van der Waals surface area contributed by atoms with Crippen LogP contribution in [0.25, 0.3) is 0 Å². The van der Waals surface area contributed by atoms with Crippen molar-refractivity contribution >= 4 is 11.8 Å². The monoisotopic (exact) mass is 213 g/mol. The van der Waals surface area contributed by atoms with Crippen LogP contribution in [0.1, 0.15) is 12.8 Å². The standard InChI is InChI=1S/C10H19N3O2/c1-11-5-4-9(14)13-7-3-6-12(2)10(15)8-13/h11H,3-8H2,1-2H3. The molecule has 1 saturated heterocycles. The Kier molecular flexibility index (Phi) is 4.55. The molecule has 1 rings (SSSR count). The van der Waals surface area contributed by atoms with Gasteiger partial charge < -0.3 is 15.1 Å². The molecule has 0 aromatic heterocycles. The van der Waals surface area contributed by atoms with Crippen molar-refractivity contribution in [2.24, 2.45) is 0 Å². The Morgan fingerprint density at radius 2 is 2.20 bits per heavy atom. The van der Waals surface area contributed by atoms with E-state index in [0.717, 1.165) is 13.0 Å². The van der Waals surface area contributed by atoms with Crippen molar-refractivity contribution in [3.8, 4) is 0 Å². The van der Waals surface area contributed by atoms with Gasteiger partial charge in [0.2, 0.25) is 11.8 Å². The third-order valence-electron chi connectivity index (χ3n) is 2.62. The van der Waals surface area contributed by atoms with Crippen LogP contribution in [-0.4, -0.2) is 61.9 Å². The third kappa shape index (κ3) is 3.51. The van der Waals surface area contributed by atoms with Crippen molar-refractivity contribution in [1.29, 1.82) is 0 Å². The summed E-state index contributed by atoms with van der Waals surface area (Å²) in [7, 11) is 3.60. The Labute approximate surface area is 90.4 Å². The van der Waals surface area contributed by atoms with Crippen LogP contribution in [0, 0.1) is 0 Å². The van der Waals surface area contributed by atoms with Crippen molar-refractivity contribution in [2.45, 2.75) is 12.8 Å². The molecule has 86 valence electrons. The van der Waals surface area contributed by atoms with E-state index in [1.165, 1.54) is 0 Å². The van der Waals surface area contributed by atoms with Crippen molar-refractivity contribution in [2.75, 3.05) is 40.3 Å². The molecule has 0 radical (unpaired) electrons. The first-order valence-electron chi connectivity index (χ1n) is 5.31. The highest BCUT2D eigenvalue weighted by molar-refractivity contribution is 5.85. The van der Waals surface area contributed by atoms with Crippen LogP contribution >= 0.6 is 0 Å². The number of likely N-dealkylation sites (N-methyl/N-ethyl adjacent to an activating group) is 1. The van der Waals surface area contributed by atoms with Crippen LogP contribution in [0.2, 0.25) is 0 Å². The zero-order valence-electron chi connectivity index (χ0n) is 9.45. The van der Waals surface area contributed by atoms with Gasteiger partial charge in [-0.05, 0) is 13.5 Å². The van der Waals surface area contributed by atoms with Gasteiger partial charge in [0.1, 0.15) is 0 Å². The molecular weight excluding hydrogens is 194 g/mol. The van der Waals surface area contributed by atoms with Crippen LogP contribution in [0.15, 0.2) is 0 Å². The van der Waals surface area contributed by atoms with E-state index < -0.39 is 0 Å². The maximum atomic E-state index is 11.7. The van der Waals surface area contributed by atoms with E-state index in [1.54, 1.807) is 16.8 Å². The van der Waals surface area contributed by atoms with Gasteiger partial charge in [0, 0.05) is 33.1 Å². The van der Waals surface area contributed by atoms with Gasteiger partial charge in [-0.3, -0.25) is 9.59 Å². The Hall–Kier alpha value is -1.10. The van der Waals surface area contributed by atoms with Gasteiger partial charge >= 0.3 is 0 Å². The van der Waals surface area contributed by atoms with E-state index in [9.17, 15) is 9.59 Å². The van der Waals surface area contributed by atoms with Gasteiger partial charge in [-0.1, -0.05) is 0 Å². The zero-order valence-corrected chi connectivity index (χ0v) is 9.45. The van der Waals surface area contributed by atoms with Crippen LogP contribution in [0.4, 0.5) is 0 Å². The molecule has 1 heterocycles. The molecule has 0 aliphatic carbocycles. The second-order valence-electron chi connectivity index (χ2n) is 3.84. The van der Waals surface area contributed by atoms with Gasteiger partial charge in [-0.15, -0.1) is 0 Å². The molecule has 1 aliphatic rings. The number of rotatable bonds is 3. The van der Waals surface area contributed by atoms with E-state index in [2.05, 4.69) is 5.32 Å². The Bertz CT molecular complexity index is 243. The molecule has 0 aromatic rings. The van der Waals surface area contributed by atoms with Crippen molar-refractivity contribution in [3.63, 3.8) is 0 Å². The molecule has 1 fully saturated rings. The summed E-state index contributed by atoms with van der Waals surface area (Å²) in [6, 6.07) is 0. The first-order chi connectivity index (χ1) is 7.15. The lowest BCUT2D eigenvalue weighted by Crippen LogP contribution is -2.38. The number of carbonyl (C=O) groups excluding carboxylic acids is 2. The summed E-state index contributed by atoms with van der Waals surface area (Å²) in [5.74, 6) is 0.0957. The first kappa shape index (κ1) is 12.0. The molecular formula is C10H19N3O2. The SMILES string of the molecule is CNCCC(=O)N1CCCN(C)C(=O)C1. The lowest BCUT2D eigenvalue weighted by molar-refractivity contribution is -0.138. The lowest BCUT2D eigenvalue weighted by atomic mass is 10.3. The molecule has 0 atom stereocenters. The quantitative estimate of drug-likeness (QED) is 0.673. The molecule has 5 nitrogen and oxygen atoms in total. The third-order valence-corrected chi connectivity index (χ3v) is 2.62. The molecule has 0 spiro atoms. The highest BCUT2D eigenvalue weighted by Gasteiger charge is 2.21. The predicted molar refractivity (Wildman–Crippen MR) is 57.4 cm³/mol. The Balaban J connectivity index is 2.47. The van der Waals surface area contributed by atoms with Crippen molar-refractivity contribution < 1.29 is 9.59 Å². The van der Waals surface area contributed by atoms with Gasteiger partial charge in [0.15, 0.2) is 0 Å². The van der Waals surface area contributed by atoms with Crippen LogP contribution in [0.5, 0.6) is 0 Å². The lowest BCUT2D eigenvalue weighted by Gasteiger charge is -2.19. The number of nitrogens with zero attached hydrogens (tertiary/aromatic N) is 2. The summed E-state index contributed by atoms with van der Waals surface area (Å²) in [6.07, 6.45) is 1.33. The largest absolute Gasteiger partial charge is 0.344 e. The molecule has 1 N–H and O–H groups in total. The van der Waals surface area contributed by atoms with E-state index in [4.69, 9.17) is 0 Å². The van der Waals surface area contributed by atoms with E-state index >= 15 is 0 Å². The molecule has 0 bridgehead atoms. The zero-order chi connectivity index (χ0) is 11.3. The smallest absolute Gasteiger partial charge is 0.241 e. The predicted octanol–water partition coefficient (Wildman–Crippen LogP) is -0.713. The van der Waals surface area contributed by atoms with E-state index in [0.29, 0.717) is 19.5 Å². The molecule has 5 heteroatoms. The summed E-state index contributed by atoms with van der Waals surface area (Å²) in [5, 5.41) is 2.93. The summed E-state index contributed by atoms with van der Waals surface area (Å²) in [4.78, 5) is 26.5. The van der Waals surface area contributed by atoms with Gasteiger partial charge in [0.25, 0.3) is 0 Å². The van der Waals surface area contributed by atoms with Gasteiger partial charge in [0.05, 0.1) is 6.54 Å². The Morgan fingerprint density at radius 1 is 1.47 bits per heavy atom. The number of hydrogen-bond donors (Lipinski definition) is 1. The van der Waals surface area contributed by atoms with Crippen LogP contribution in [-0.2, 0) is 9.59 Å². The topological polar surface area (TPSA) is 52.7 Å². The minimum Gasteiger partial charge on any atom is -0.344 e. The first-order valence-corrected chi connectivity index (χ1v) is 5.31. The molecule has 0 saturated carbocycles. The summed E-state index contributed by atoms with van der Waals surface area (Å²) in [6.45, 7) is 2.34.